The molecule has 0 saturated heterocycles. The maximum atomic E-state index is 12.9. The van der Waals surface area contributed by atoms with Gasteiger partial charge in [-0.25, -0.2) is 4.39 Å². The number of halogens is 1. The summed E-state index contributed by atoms with van der Waals surface area (Å²) < 4.78 is 13.2. The van der Waals surface area contributed by atoms with Gasteiger partial charge in [0.25, 0.3) is 5.56 Å². The summed E-state index contributed by atoms with van der Waals surface area (Å²) in [5, 5.41) is 2.83. The Bertz CT molecular complexity index is 811. The van der Waals surface area contributed by atoms with E-state index < -0.39 is 0 Å². The molecule has 0 aliphatic heterocycles. The zero-order chi connectivity index (χ0) is 17.0. The van der Waals surface area contributed by atoms with Crippen LogP contribution in [0.2, 0.25) is 0 Å². The molecule has 2 rings (SSSR count). The molecule has 0 aliphatic carbocycles. The average Bonchev–Trinajstić information content (AvgIpc) is 2.46. The summed E-state index contributed by atoms with van der Waals surface area (Å²) in [6, 6.07) is 5.74. The number of carbonyl (C=O) groups is 1. The zero-order valence-electron chi connectivity index (χ0n) is 12.9. The molecular formula is C16H18FN3O2S. The van der Waals surface area contributed by atoms with Gasteiger partial charge < -0.3 is 10.3 Å². The van der Waals surface area contributed by atoms with Crippen LogP contribution in [0.25, 0.3) is 0 Å². The van der Waals surface area contributed by atoms with Gasteiger partial charge in [0.15, 0.2) is 4.77 Å². The van der Waals surface area contributed by atoms with Crippen molar-refractivity contribution in [2.24, 2.45) is 0 Å². The van der Waals surface area contributed by atoms with E-state index in [0.29, 0.717) is 17.7 Å². The van der Waals surface area contributed by atoms with E-state index in [4.69, 9.17) is 12.2 Å². The number of aromatic amines is 2. The molecule has 0 radical (unpaired) electrons. The third kappa shape index (κ3) is 4.59. The first kappa shape index (κ1) is 17.1. The van der Waals surface area contributed by atoms with Gasteiger partial charge in [0.05, 0.1) is 6.04 Å². The summed E-state index contributed by atoms with van der Waals surface area (Å²) in [5.41, 5.74) is 1.73. The lowest BCUT2D eigenvalue weighted by atomic mass is 10.1. The molecule has 1 unspecified atom stereocenters. The molecule has 0 fully saturated rings. The SMILES string of the molecule is Cc1[nH]c(=S)[nH]c(=O)c1CCC(=O)NC(C)c1ccc(F)cc1. The summed E-state index contributed by atoms with van der Waals surface area (Å²) in [7, 11) is 0. The van der Waals surface area contributed by atoms with Crippen molar-refractivity contribution in [3.8, 4) is 0 Å². The summed E-state index contributed by atoms with van der Waals surface area (Å²) in [5.74, 6) is -0.494. The molecule has 1 atom stereocenters. The molecule has 122 valence electrons. The highest BCUT2D eigenvalue weighted by Crippen LogP contribution is 2.13. The Morgan fingerprint density at radius 1 is 1.30 bits per heavy atom. The molecule has 7 heteroatoms. The summed E-state index contributed by atoms with van der Waals surface area (Å²) in [6.45, 7) is 3.57. The van der Waals surface area contributed by atoms with Gasteiger partial charge in [0.1, 0.15) is 5.82 Å². The van der Waals surface area contributed by atoms with Crippen LogP contribution < -0.4 is 10.9 Å². The van der Waals surface area contributed by atoms with Crippen LogP contribution >= 0.6 is 12.2 Å². The second-order valence-electron chi connectivity index (χ2n) is 5.35. The van der Waals surface area contributed by atoms with Crippen molar-refractivity contribution in [2.75, 3.05) is 0 Å². The lowest BCUT2D eigenvalue weighted by Crippen LogP contribution is -2.28. The van der Waals surface area contributed by atoms with Crippen LogP contribution in [-0.4, -0.2) is 15.9 Å². The van der Waals surface area contributed by atoms with Crippen LogP contribution in [0.15, 0.2) is 29.1 Å². The van der Waals surface area contributed by atoms with Gasteiger partial charge in [-0.2, -0.15) is 0 Å². The monoisotopic (exact) mass is 335 g/mol. The maximum absolute atomic E-state index is 12.9. The van der Waals surface area contributed by atoms with Crippen LogP contribution in [-0.2, 0) is 11.2 Å². The Morgan fingerprint density at radius 2 is 1.96 bits per heavy atom. The summed E-state index contributed by atoms with van der Waals surface area (Å²) in [6.07, 6.45) is 0.495. The van der Waals surface area contributed by atoms with E-state index in [1.807, 2.05) is 6.92 Å². The molecule has 1 aromatic carbocycles. The molecule has 1 aromatic heterocycles. The maximum Gasteiger partial charge on any atom is 0.255 e. The van der Waals surface area contributed by atoms with Crippen LogP contribution in [0.1, 0.15) is 36.2 Å². The normalized spacial score (nSPS) is 12.0. The third-order valence-electron chi connectivity index (χ3n) is 3.60. The van der Waals surface area contributed by atoms with Crippen molar-refractivity contribution in [3.63, 3.8) is 0 Å². The minimum atomic E-state index is -0.316. The molecule has 0 aliphatic rings. The summed E-state index contributed by atoms with van der Waals surface area (Å²) in [4.78, 5) is 29.2. The molecule has 0 spiro atoms. The zero-order valence-corrected chi connectivity index (χ0v) is 13.7. The van der Waals surface area contributed by atoms with Crippen molar-refractivity contribution in [2.45, 2.75) is 32.7 Å². The Hall–Kier alpha value is -2.28. The number of amides is 1. The molecule has 0 bridgehead atoms. The number of hydrogen-bond donors (Lipinski definition) is 3. The highest BCUT2D eigenvalue weighted by molar-refractivity contribution is 7.71. The van der Waals surface area contributed by atoms with Gasteiger partial charge in [-0.3, -0.25) is 14.6 Å². The fourth-order valence-corrected chi connectivity index (χ4v) is 2.56. The minimum absolute atomic E-state index is 0.178. The van der Waals surface area contributed by atoms with Crippen LogP contribution in [0.3, 0.4) is 0 Å². The van der Waals surface area contributed by atoms with E-state index >= 15 is 0 Å². The van der Waals surface area contributed by atoms with Crippen molar-refractivity contribution in [1.29, 1.82) is 0 Å². The van der Waals surface area contributed by atoms with Crippen molar-refractivity contribution in [3.05, 3.63) is 62.0 Å². The van der Waals surface area contributed by atoms with Crippen molar-refractivity contribution < 1.29 is 9.18 Å². The van der Waals surface area contributed by atoms with Crippen LogP contribution in [0, 0.1) is 17.5 Å². The Kier molecular flexibility index (Phi) is 5.44. The Morgan fingerprint density at radius 3 is 2.57 bits per heavy atom. The minimum Gasteiger partial charge on any atom is -0.350 e. The molecule has 2 aromatic rings. The predicted octanol–water partition coefficient (Wildman–Crippen LogP) is 2.69. The summed E-state index contributed by atoms with van der Waals surface area (Å²) >= 11 is 4.89. The molecule has 3 N–H and O–H groups in total. The van der Waals surface area contributed by atoms with Gasteiger partial charge in [0, 0.05) is 17.7 Å². The quantitative estimate of drug-likeness (QED) is 0.735. The fourth-order valence-electron chi connectivity index (χ4n) is 2.31. The van der Waals surface area contributed by atoms with Gasteiger partial charge in [-0.1, -0.05) is 12.1 Å². The highest BCUT2D eigenvalue weighted by atomic mass is 32.1. The first-order valence-electron chi connectivity index (χ1n) is 7.23. The van der Waals surface area contributed by atoms with E-state index in [1.165, 1.54) is 12.1 Å². The fraction of sp³-hybridized carbons (Fsp3) is 0.312. The van der Waals surface area contributed by atoms with Gasteiger partial charge in [-0.15, -0.1) is 0 Å². The molecule has 0 saturated carbocycles. The molecule has 1 heterocycles. The molecule has 23 heavy (non-hydrogen) atoms. The second kappa shape index (κ2) is 7.32. The van der Waals surface area contributed by atoms with Gasteiger partial charge in [-0.05, 0) is 50.2 Å². The molecule has 5 nitrogen and oxygen atoms in total. The largest absolute Gasteiger partial charge is 0.350 e. The number of benzene rings is 1. The number of carbonyl (C=O) groups excluding carboxylic acids is 1. The third-order valence-corrected chi connectivity index (χ3v) is 3.81. The number of hydrogen-bond acceptors (Lipinski definition) is 3. The van der Waals surface area contributed by atoms with Crippen molar-refractivity contribution in [1.82, 2.24) is 15.3 Å². The first-order chi connectivity index (χ1) is 10.9. The lowest BCUT2D eigenvalue weighted by molar-refractivity contribution is -0.121. The number of aromatic nitrogens is 2. The molecule has 1 amide bonds. The van der Waals surface area contributed by atoms with E-state index in [-0.39, 0.29) is 34.5 Å². The topological polar surface area (TPSA) is 77.8 Å². The number of aryl methyl sites for hydroxylation is 1. The predicted molar refractivity (Wildman–Crippen MR) is 88.3 cm³/mol. The second-order valence-corrected chi connectivity index (χ2v) is 5.76. The standard InChI is InChI=1S/C16H18FN3O2S/c1-9(11-3-5-12(17)6-4-11)18-14(21)8-7-13-10(2)19-16(23)20-15(13)22/h3-6,9H,7-8H2,1-2H3,(H,18,21)(H2,19,20,22,23). The number of rotatable bonds is 5. The van der Waals surface area contributed by atoms with Gasteiger partial charge >= 0.3 is 0 Å². The van der Waals surface area contributed by atoms with Crippen molar-refractivity contribution >= 4 is 18.1 Å². The number of nitrogens with one attached hydrogen (secondary N) is 3. The van der Waals surface area contributed by atoms with E-state index in [0.717, 1.165) is 5.56 Å². The van der Waals surface area contributed by atoms with Gasteiger partial charge in [0.2, 0.25) is 5.91 Å². The average molecular weight is 335 g/mol. The van der Waals surface area contributed by atoms with E-state index in [9.17, 15) is 14.0 Å². The Balaban J connectivity index is 1.96. The van der Waals surface area contributed by atoms with Crippen LogP contribution in [0.4, 0.5) is 4.39 Å². The van der Waals surface area contributed by atoms with E-state index in [2.05, 4.69) is 15.3 Å². The van der Waals surface area contributed by atoms with Crippen LogP contribution in [0.5, 0.6) is 0 Å². The smallest absolute Gasteiger partial charge is 0.255 e. The highest BCUT2D eigenvalue weighted by Gasteiger charge is 2.12. The lowest BCUT2D eigenvalue weighted by Gasteiger charge is -2.14. The van der Waals surface area contributed by atoms with E-state index in [1.54, 1.807) is 19.1 Å². The Labute approximate surface area is 138 Å². The first-order valence-corrected chi connectivity index (χ1v) is 7.64. The molecular weight excluding hydrogens is 317 g/mol. The number of H-pyrrole nitrogens is 2.